The maximum Gasteiger partial charge on any atom is 0.222 e. The smallest absolute Gasteiger partial charge is 0.222 e. The second kappa shape index (κ2) is 7.14. The van der Waals surface area contributed by atoms with Crippen LogP contribution in [0.5, 0.6) is 0 Å². The topological polar surface area (TPSA) is 72.3 Å². The Hall–Kier alpha value is -1.26. The Bertz CT molecular complexity index is 298. The van der Waals surface area contributed by atoms with Crippen molar-refractivity contribution >= 4 is 5.91 Å². The second-order valence-corrected chi connectivity index (χ2v) is 4.83. The first-order valence-electron chi connectivity index (χ1n) is 6.07. The van der Waals surface area contributed by atoms with Gasteiger partial charge in [0.2, 0.25) is 5.91 Å². The highest BCUT2D eigenvalue weighted by Crippen LogP contribution is 2.18. The molecular weight excluding hydrogens is 218 g/mol. The van der Waals surface area contributed by atoms with E-state index in [9.17, 15) is 4.79 Å². The van der Waals surface area contributed by atoms with Crippen molar-refractivity contribution in [3.05, 3.63) is 10.4 Å². The fraction of sp³-hybridized carbons (Fsp3) is 0.909. The van der Waals surface area contributed by atoms with Crippen molar-refractivity contribution in [2.24, 2.45) is 11.0 Å². The van der Waals surface area contributed by atoms with E-state index in [1.807, 2.05) is 4.90 Å². The summed E-state index contributed by atoms with van der Waals surface area (Å²) < 4.78 is 0. The molecule has 1 fully saturated rings. The van der Waals surface area contributed by atoms with E-state index < -0.39 is 0 Å². The van der Waals surface area contributed by atoms with Crippen LogP contribution in [-0.2, 0) is 4.79 Å². The SMILES string of the molecule is CN(C)CCCCN1CC(CN=[N+]=[N-])CC1=O. The molecule has 0 aliphatic carbocycles. The summed E-state index contributed by atoms with van der Waals surface area (Å²) in [4.78, 5) is 18.4. The van der Waals surface area contributed by atoms with Crippen LogP contribution in [0.1, 0.15) is 19.3 Å². The molecule has 1 saturated heterocycles. The van der Waals surface area contributed by atoms with Gasteiger partial charge < -0.3 is 9.80 Å². The molecule has 0 aromatic carbocycles. The molecule has 0 bridgehead atoms. The molecule has 0 radical (unpaired) electrons. The van der Waals surface area contributed by atoms with Gasteiger partial charge in [-0.15, -0.1) is 0 Å². The predicted octanol–water partition coefficient (Wildman–Crippen LogP) is 1.49. The number of hydrogen-bond acceptors (Lipinski definition) is 3. The number of rotatable bonds is 7. The average molecular weight is 239 g/mol. The standard InChI is InChI=1S/C11H21N5O/c1-15(2)5-3-4-6-16-9-10(7-11(16)17)8-13-14-12/h10H,3-9H2,1-2H3. The van der Waals surface area contributed by atoms with E-state index in [1.165, 1.54) is 0 Å². The summed E-state index contributed by atoms with van der Waals surface area (Å²) in [6.07, 6.45) is 2.68. The van der Waals surface area contributed by atoms with Crippen molar-refractivity contribution < 1.29 is 4.79 Å². The van der Waals surface area contributed by atoms with Gasteiger partial charge in [0.05, 0.1) is 0 Å². The maximum absolute atomic E-state index is 11.7. The van der Waals surface area contributed by atoms with Gasteiger partial charge in [0.25, 0.3) is 0 Å². The van der Waals surface area contributed by atoms with Crippen molar-refractivity contribution in [2.45, 2.75) is 19.3 Å². The number of azide groups is 1. The van der Waals surface area contributed by atoms with Crippen LogP contribution >= 0.6 is 0 Å². The van der Waals surface area contributed by atoms with Crippen LogP contribution in [-0.4, -0.2) is 56.0 Å². The lowest BCUT2D eigenvalue weighted by molar-refractivity contribution is -0.127. The quantitative estimate of drug-likeness (QED) is 0.292. The fourth-order valence-electron chi connectivity index (χ4n) is 2.08. The Morgan fingerprint density at radius 1 is 1.53 bits per heavy atom. The van der Waals surface area contributed by atoms with Gasteiger partial charge in [-0.25, -0.2) is 0 Å². The van der Waals surface area contributed by atoms with E-state index in [0.717, 1.165) is 32.5 Å². The summed E-state index contributed by atoms with van der Waals surface area (Å²) in [5.41, 5.74) is 8.24. The first-order valence-corrected chi connectivity index (χ1v) is 6.07. The third kappa shape index (κ3) is 5.06. The molecule has 6 nitrogen and oxygen atoms in total. The minimum atomic E-state index is 0.202. The molecule has 1 rings (SSSR count). The molecular formula is C11H21N5O. The lowest BCUT2D eigenvalue weighted by Gasteiger charge is -2.17. The van der Waals surface area contributed by atoms with E-state index in [-0.39, 0.29) is 11.8 Å². The molecule has 17 heavy (non-hydrogen) atoms. The van der Waals surface area contributed by atoms with Gasteiger partial charge in [-0.05, 0) is 44.9 Å². The minimum Gasteiger partial charge on any atom is -0.342 e. The molecule has 1 atom stereocenters. The van der Waals surface area contributed by atoms with E-state index in [2.05, 4.69) is 29.0 Å². The van der Waals surface area contributed by atoms with Gasteiger partial charge in [-0.2, -0.15) is 0 Å². The average Bonchev–Trinajstić information content (AvgIpc) is 2.62. The van der Waals surface area contributed by atoms with Crippen LogP contribution < -0.4 is 0 Å². The summed E-state index contributed by atoms with van der Waals surface area (Å²) in [5, 5.41) is 3.54. The van der Waals surface area contributed by atoms with E-state index in [4.69, 9.17) is 5.53 Å². The lowest BCUT2D eigenvalue weighted by Crippen LogP contribution is -2.27. The Balaban J connectivity index is 2.21. The van der Waals surface area contributed by atoms with Gasteiger partial charge in [-0.1, -0.05) is 5.11 Å². The molecule has 1 aliphatic heterocycles. The van der Waals surface area contributed by atoms with Gasteiger partial charge in [0.1, 0.15) is 0 Å². The monoisotopic (exact) mass is 239 g/mol. The number of hydrogen-bond donors (Lipinski definition) is 0. The minimum absolute atomic E-state index is 0.202. The Labute approximate surface area is 102 Å². The Morgan fingerprint density at radius 2 is 2.29 bits per heavy atom. The highest BCUT2D eigenvalue weighted by atomic mass is 16.2. The summed E-state index contributed by atoms with van der Waals surface area (Å²) in [6.45, 7) is 3.08. The van der Waals surface area contributed by atoms with Crippen LogP contribution in [0.15, 0.2) is 5.11 Å². The molecule has 6 heteroatoms. The third-order valence-corrected chi connectivity index (χ3v) is 2.98. The molecule has 1 unspecified atom stereocenters. The normalized spacial score (nSPS) is 19.8. The van der Waals surface area contributed by atoms with Crippen LogP contribution in [0.4, 0.5) is 0 Å². The molecule has 0 N–H and O–H groups in total. The zero-order valence-corrected chi connectivity index (χ0v) is 10.7. The van der Waals surface area contributed by atoms with Crippen LogP contribution in [0, 0.1) is 5.92 Å². The van der Waals surface area contributed by atoms with Gasteiger partial charge in [0, 0.05) is 31.0 Å². The number of amides is 1. The predicted molar refractivity (Wildman–Crippen MR) is 66.5 cm³/mol. The third-order valence-electron chi connectivity index (χ3n) is 2.98. The number of carbonyl (C=O) groups is 1. The lowest BCUT2D eigenvalue weighted by atomic mass is 10.1. The first-order chi connectivity index (χ1) is 8.13. The van der Waals surface area contributed by atoms with E-state index in [1.54, 1.807) is 0 Å². The maximum atomic E-state index is 11.7. The summed E-state index contributed by atoms with van der Waals surface area (Å²) >= 11 is 0. The highest BCUT2D eigenvalue weighted by molar-refractivity contribution is 5.78. The first kappa shape index (κ1) is 13.8. The molecule has 1 heterocycles. The van der Waals surface area contributed by atoms with Crippen molar-refractivity contribution in [2.75, 3.05) is 40.3 Å². The van der Waals surface area contributed by atoms with Crippen LogP contribution in [0.25, 0.3) is 10.4 Å². The molecule has 0 aromatic rings. The van der Waals surface area contributed by atoms with E-state index >= 15 is 0 Å². The molecule has 1 amide bonds. The zero-order valence-electron chi connectivity index (χ0n) is 10.7. The van der Waals surface area contributed by atoms with Gasteiger partial charge >= 0.3 is 0 Å². The zero-order chi connectivity index (χ0) is 12.7. The summed E-state index contributed by atoms with van der Waals surface area (Å²) in [5.74, 6) is 0.417. The number of carbonyl (C=O) groups excluding carboxylic acids is 1. The fourth-order valence-corrected chi connectivity index (χ4v) is 2.08. The van der Waals surface area contributed by atoms with E-state index in [0.29, 0.717) is 13.0 Å². The molecule has 1 aliphatic rings. The number of likely N-dealkylation sites (tertiary alicyclic amines) is 1. The summed E-state index contributed by atoms with van der Waals surface area (Å²) in [7, 11) is 4.11. The Morgan fingerprint density at radius 3 is 2.94 bits per heavy atom. The molecule has 96 valence electrons. The summed E-state index contributed by atoms with van der Waals surface area (Å²) in [6, 6.07) is 0. The second-order valence-electron chi connectivity index (χ2n) is 4.83. The molecule has 0 aromatic heterocycles. The van der Waals surface area contributed by atoms with Crippen molar-refractivity contribution in [1.82, 2.24) is 9.80 Å². The molecule has 0 spiro atoms. The van der Waals surface area contributed by atoms with Gasteiger partial charge in [0.15, 0.2) is 0 Å². The van der Waals surface area contributed by atoms with Gasteiger partial charge in [-0.3, -0.25) is 4.79 Å². The Kier molecular flexibility index (Phi) is 5.80. The van der Waals surface area contributed by atoms with Crippen molar-refractivity contribution in [3.8, 4) is 0 Å². The largest absolute Gasteiger partial charge is 0.342 e. The number of unbranched alkanes of at least 4 members (excludes halogenated alkanes) is 1. The van der Waals surface area contributed by atoms with Crippen LogP contribution in [0.2, 0.25) is 0 Å². The highest BCUT2D eigenvalue weighted by Gasteiger charge is 2.28. The van der Waals surface area contributed by atoms with Crippen LogP contribution in [0.3, 0.4) is 0 Å². The number of nitrogens with zero attached hydrogens (tertiary/aromatic N) is 5. The van der Waals surface area contributed by atoms with Crippen molar-refractivity contribution in [1.29, 1.82) is 0 Å². The molecule has 0 saturated carbocycles. The van der Waals surface area contributed by atoms with Crippen molar-refractivity contribution in [3.63, 3.8) is 0 Å².